The summed E-state index contributed by atoms with van der Waals surface area (Å²) in [4.78, 5) is 0. The van der Waals surface area contributed by atoms with Crippen LogP contribution in [-0.4, -0.2) is 25.3 Å². The SMILES string of the molecule is Ic1cccc(Oc2ccc3nnnn3n2)c1. The molecule has 0 aliphatic carbocycles. The van der Waals surface area contributed by atoms with Crippen LogP contribution in [0.1, 0.15) is 0 Å². The van der Waals surface area contributed by atoms with Gasteiger partial charge < -0.3 is 4.74 Å². The van der Waals surface area contributed by atoms with E-state index in [1.165, 1.54) is 4.63 Å². The van der Waals surface area contributed by atoms with Crippen molar-refractivity contribution in [1.29, 1.82) is 0 Å². The summed E-state index contributed by atoms with van der Waals surface area (Å²) in [5.41, 5.74) is 0.583. The minimum absolute atomic E-state index is 0.451. The zero-order valence-corrected chi connectivity index (χ0v) is 10.6. The van der Waals surface area contributed by atoms with Gasteiger partial charge in [0.15, 0.2) is 5.65 Å². The van der Waals surface area contributed by atoms with Crippen LogP contribution < -0.4 is 4.74 Å². The Morgan fingerprint density at radius 3 is 3.00 bits per heavy atom. The molecule has 0 amide bonds. The third-order valence-electron chi connectivity index (χ3n) is 2.06. The van der Waals surface area contributed by atoms with Gasteiger partial charge in [-0.1, -0.05) is 6.07 Å². The Morgan fingerprint density at radius 2 is 2.12 bits per heavy atom. The van der Waals surface area contributed by atoms with Crippen molar-refractivity contribution < 1.29 is 4.74 Å². The third-order valence-corrected chi connectivity index (χ3v) is 2.73. The van der Waals surface area contributed by atoms with Crippen molar-refractivity contribution in [3.8, 4) is 11.6 Å². The highest BCUT2D eigenvalue weighted by atomic mass is 127. The van der Waals surface area contributed by atoms with Crippen molar-refractivity contribution >= 4 is 28.2 Å². The van der Waals surface area contributed by atoms with Gasteiger partial charge in [0.05, 0.1) is 0 Å². The number of tetrazole rings is 1. The van der Waals surface area contributed by atoms with Crippen LogP contribution in [0.4, 0.5) is 0 Å². The van der Waals surface area contributed by atoms with Gasteiger partial charge in [-0.3, -0.25) is 0 Å². The maximum Gasteiger partial charge on any atom is 0.239 e. The summed E-state index contributed by atoms with van der Waals surface area (Å²) in [7, 11) is 0. The van der Waals surface area contributed by atoms with Gasteiger partial charge in [0.1, 0.15) is 5.75 Å². The molecule has 0 saturated carbocycles. The minimum Gasteiger partial charge on any atom is -0.437 e. The lowest BCUT2D eigenvalue weighted by molar-refractivity contribution is 0.447. The summed E-state index contributed by atoms with van der Waals surface area (Å²) in [5, 5.41) is 15.1. The molecular weight excluding hydrogens is 333 g/mol. The van der Waals surface area contributed by atoms with Gasteiger partial charge in [0.25, 0.3) is 0 Å². The molecule has 17 heavy (non-hydrogen) atoms. The van der Waals surface area contributed by atoms with Crippen LogP contribution in [0, 0.1) is 3.57 Å². The van der Waals surface area contributed by atoms with E-state index < -0.39 is 0 Å². The number of hydrogen-bond donors (Lipinski definition) is 0. The lowest BCUT2D eigenvalue weighted by Gasteiger charge is -2.03. The number of ether oxygens (including phenoxy) is 1. The van der Waals surface area contributed by atoms with Crippen LogP contribution in [0.2, 0.25) is 0 Å². The Bertz CT molecular complexity index is 668. The Labute approximate surface area is 110 Å². The van der Waals surface area contributed by atoms with Crippen molar-refractivity contribution in [1.82, 2.24) is 25.3 Å². The van der Waals surface area contributed by atoms with Gasteiger partial charge in [-0.05, 0) is 57.3 Å². The van der Waals surface area contributed by atoms with Crippen LogP contribution in [0.5, 0.6) is 11.6 Å². The number of nitrogens with zero attached hydrogens (tertiary/aromatic N) is 5. The molecule has 0 atom stereocenters. The molecule has 7 heteroatoms. The Hall–Kier alpha value is -1.77. The number of fused-ring (bicyclic) bond motifs is 1. The lowest BCUT2D eigenvalue weighted by atomic mass is 10.3. The summed E-state index contributed by atoms with van der Waals surface area (Å²) in [5.74, 6) is 1.18. The van der Waals surface area contributed by atoms with E-state index in [2.05, 4.69) is 43.2 Å². The Morgan fingerprint density at radius 1 is 1.18 bits per heavy atom. The van der Waals surface area contributed by atoms with E-state index in [4.69, 9.17) is 4.74 Å². The van der Waals surface area contributed by atoms with Crippen molar-refractivity contribution in [3.63, 3.8) is 0 Å². The molecule has 0 spiro atoms. The van der Waals surface area contributed by atoms with Gasteiger partial charge in [0, 0.05) is 9.64 Å². The molecule has 0 unspecified atom stereocenters. The highest BCUT2D eigenvalue weighted by molar-refractivity contribution is 14.1. The van der Waals surface area contributed by atoms with Crippen LogP contribution in [0.3, 0.4) is 0 Å². The molecule has 0 radical (unpaired) electrons. The average Bonchev–Trinajstić information content (AvgIpc) is 2.76. The van der Waals surface area contributed by atoms with Crippen LogP contribution >= 0.6 is 22.6 Å². The average molecular weight is 339 g/mol. The van der Waals surface area contributed by atoms with E-state index in [-0.39, 0.29) is 0 Å². The number of halogens is 1. The standard InChI is InChI=1S/C10H6IN5O/c11-7-2-1-3-8(6-7)17-10-5-4-9-12-14-15-16(9)13-10/h1-6H. The van der Waals surface area contributed by atoms with E-state index in [9.17, 15) is 0 Å². The molecule has 0 fully saturated rings. The second kappa shape index (κ2) is 4.24. The van der Waals surface area contributed by atoms with E-state index in [1.807, 2.05) is 24.3 Å². The van der Waals surface area contributed by atoms with E-state index >= 15 is 0 Å². The van der Waals surface area contributed by atoms with E-state index in [0.29, 0.717) is 11.5 Å². The van der Waals surface area contributed by atoms with Crippen molar-refractivity contribution in [2.45, 2.75) is 0 Å². The van der Waals surface area contributed by atoms with Gasteiger partial charge >= 0.3 is 0 Å². The van der Waals surface area contributed by atoms with Gasteiger partial charge in [-0.15, -0.1) is 14.8 Å². The molecule has 6 nitrogen and oxygen atoms in total. The van der Waals surface area contributed by atoms with Crippen molar-refractivity contribution in [2.24, 2.45) is 0 Å². The number of benzene rings is 1. The van der Waals surface area contributed by atoms with Crippen molar-refractivity contribution in [2.75, 3.05) is 0 Å². The predicted octanol–water partition coefficient (Wildman–Crippen LogP) is 1.92. The van der Waals surface area contributed by atoms with E-state index in [0.717, 1.165) is 9.32 Å². The highest BCUT2D eigenvalue weighted by Crippen LogP contribution is 2.20. The maximum atomic E-state index is 5.60. The molecule has 3 rings (SSSR count). The van der Waals surface area contributed by atoms with Gasteiger partial charge in [0.2, 0.25) is 5.88 Å². The van der Waals surface area contributed by atoms with E-state index in [1.54, 1.807) is 12.1 Å². The molecule has 0 N–H and O–H groups in total. The molecule has 1 aromatic carbocycles. The third kappa shape index (κ3) is 2.18. The molecule has 2 aromatic heterocycles. The first-order valence-electron chi connectivity index (χ1n) is 4.80. The lowest BCUT2D eigenvalue weighted by Crippen LogP contribution is -1.97. The van der Waals surface area contributed by atoms with Gasteiger partial charge in [-0.2, -0.15) is 0 Å². The second-order valence-electron chi connectivity index (χ2n) is 3.26. The zero-order valence-electron chi connectivity index (χ0n) is 8.49. The minimum atomic E-state index is 0.451. The maximum absolute atomic E-state index is 5.60. The Kier molecular flexibility index (Phi) is 2.59. The molecular formula is C10H6IN5O. The summed E-state index contributed by atoms with van der Waals surface area (Å²) in [6.07, 6.45) is 0. The molecule has 0 bridgehead atoms. The van der Waals surface area contributed by atoms with Gasteiger partial charge in [-0.25, -0.2) is 0 Å². The molecule has 0 saturated heterocycles. The fourth-order valence-electron chi connectivity index (χ4n) is 1.34. The predicted molar refractivity (Wildman–Crippen MR) is 67.8 cm³/mol. The summed E-state index contributed by atoms with van der Waals surface area (Å²) >= 11 is 2.22. The molecule has 3 aromatic rings. The largest absolute Gasteiger partial charge is 0.437 e. The summed E-state index contributed by atoms with van der Waals surface area (Å²) in [6.45, 7) is 0. The zero-order chi connectivity index (χ0) is 11.7. The fourth-order valence-corrected chi connectivity index (χ4v) is 1.85. The number of rotatable bonds is 2. The monoisotopic (exact) mass is 339 g/mol. The second-order valence-corrected chi connectivity index (χ2v) is 4.50. The molecule has 0 aliphatic heterocycles. The normalized spacial score (nSPS) is 10.6. The molecule has 0 aliphatic rings. The quantitative estimate of drug-likeness (QED) is 0.668. The first kappa shape index (κ1) is 10.4. The fraction of sp³-hybridized carbons (Fsp3) is 0. The smallest absolute Gasteiger partial charge is 0.239 e. The van der Waals surface area contributed by atoms with Crippen LogP contribution in [-0.2, 0) is 0 Å². The first-order valence-corrected chi connectivity index (χ1v) is 5.88. The molecule has 84 valence electrons. The highest BCUT2D eigenvalue weighted by Gasteiger charge is 2.03. The Balaban J connectivity index is 1.94. The topological polar surface area (TPSA) is 65.2 Å². The van der Waals surface area contributed by atoms with Crippen molar-refractivity contribution in [3.05, 3.63) is 40.0 Å². The summed E-state index contributed by atoms with van der Waals surface area (Å²) < 4.78 is 8.03. The number of hydrogen-bond acceptors (Lipinski definition) is 5. The number of aromatic nitrogens is 5. The molecule has 2 heterocycles. The first-order chi connectivity index (χ1) is 8.31. The summed E-state index contributed by atoms with van der Waals surface area (Å²) in [6, 6.07) is 11.2. The van der Waals surface area contributed by atoms with Crippen LogP contribution in [0.15, 0.2) is 36.4 Å². The van der Waals surface area contributed by atoms with Crippen LogP contribution in [0.25, 0.3) is 5.65 Å².